The number of carbonyl (C=O) groups excluding carboxylic acids is 1. The van der Waals surface area contributed by atoms with Gasteiger partial charge in [-0.25, -0.2) is 0 Å². The summed E-state index contributed by atoms with van der Waals surface area (Å²) in [6.45, 7) is 8.82. The lowest BCUT2D eigenvalue weighted by Crippen LogP contribution is -2.54. The van der Waals surface area contributed by atoms with E-state index in [1.165, 1.54) is 51.4 Å². The second kappa shape index (κ2) is 7.29. The van der Waals surface area contributed by atoms with Gasteiger partial charge in [-0.3, -0.25) is 4.79 Å². The molecular weight excluding hydrogens is 468 g/mol. The van der Waals surface area contributed by atoms with E-state index in [-0.39, 0.29) is 12.1 Å². The molecule has 4 saturated carbocycles. The maximum absolute atomic E-state index is 11.6. The van der Waals surface area contributed by atoms with Crippen molar-refractivity contribution in [1.29, 1.82) is 0 Å². The number of rotatable bonds is 2. The van der Waals surface area contributed by atoms with Crippen LogP contribution >= 0.6 is 31.9 Å². The van der Waals surface area contributed by atoms with Crippen molar-refractivity contribution in [2.24, 2.45) is 40.4 Å². The normalized spacial score (nSPS) is 53.0. The molecule has 4 fully saturated rings. The zero-order chi connectivity index (χ0) is 19.6. The molecule has 0 spiro atoms. The Bertz CT molecular complexity index is 595. The highest BCUT2D eigenvalue weighted by Crippen LogP contribution is 2.68. The van der Waals surface area contributed by atoms with Crippen molar-refractivity contribution in [2.45, 2.75) is 94.8 Å². The molecule has 4 rings (SSSR count). The Morgan fingerprint density at radius 2 is 1.70 bits per heavy atom. The molecule has 0 bridgehead atoms. The van der Waals surface area contributed by atoms with Crippen LogP contribution in [0.25, 0.3) is 0 Å². The Labute approximate surface area is 182 Å². The molecule has 0 radical (unpaired) electrons. The minimum Gasteiger partial charge on any atom is -0.462 e. The summed E-state index contributed by atoms with van der Waals surface area (Å²) in [5, 5.41) is 0. The summed E-state index contributed by atoms with van der Waals surface area (Å²) >= 11 is 7.95. The highest BCUT2D eigenvalue weighted by Gasteiger charge is 2.63. The lowest BCUT2D eigenvalue weighted by molar-refractivity contribution is -0.154. The molecule has 27 heavy (non-hydrogen) atoms. The lowest BCUT2D eigenvalue weighted by Gasteiger charge is -2.61. The maximum atomic E-state index is 11.6. The number of hydrogen-bond acceptors (Lipinski definition) is 2. The van der Waals surface area contributed by atoms with Crippen LogP contribution in [0.1, 0.15) is 79.1 Å². The molecule has 4 aliphatic rings. The smallest absolute Gasteiger partial charge is 0.302 e. The standard InChI is InChI=1S/C23H36Br2O2/c1-13(27-14(2)26)21-20(25)12-19-17-6-5-15-11-16(24)7-9-22(15,3)18(17)8-10-23(19,21)4/h13,15-21H,5-12H2,1-4H3/t13-,15?,16+,17+,18-,19-,20+,21-,22-,23-/m0/s1. The molecule has 0 saturated heterocycles. The number of halogens is 2. The van der Waals surface area contributed by atoms with Crippen LogP contribution in [0, 0.1) is 40.4 Å². The molecule has 2 nitrogen and oxygen atoms in total. The molecule has 0 aromatic rings. The molecular formula is C23H36Br2O2. The lowest BCUT2D eigenvalue weighted by atomic mass is 9.45. The third kappa shape index (κ3) is 3.27. The van der Waals surface area contributed by atoms with E-state index in [1.54, 1.807) is 6.92 Å². The van der Waals surface area contributed by atoms with Gasteiger partial charge in [-0.05, 0) is 92.8 Å². The van der Waals surface area contributed by atoms with Crippen molar-refractivity contribution in [3.05, 3.63) is 0 Å². The van der Waals surface area contributed by atoms with Gasteiger partial charge in [0.15, 0.2) is 0 Å². The molecule has 0 heterocycles. The quantitative estimate of drug-likeness (QED) is 0.308. The third-order valence-corrected chi connectivity index (χ3v) is 11.3. The highest BCUT2D eigenvalue weighted by molar-refractivity contribution is 9.09. The fourth-order valence-electron chi connectivity index (χ4n) is 8.38. The first-order valence-corrected chi connectivity index (χ1v) is 13.0. The van der Waals surface area contributed by atoms with Gasteiger partial charge < -0.3 is 4.74 Å². The monoisotopic (exact) mass is 502 g/mol. The highest BCUT2D eigenvalue weighted by atomic mass is 79.9. The van der Waals surface area contributed by atoms with Gasteiger partial charge in [-0.15, -0.1) is 0 Å². The van der Waals surface area contributed by atoms with Gasteiger partial charge >= 0.3 is 5.97 Å². The summed E-state index contributed by atoms with van der Waals surface area (Å²) in [7, 11) is 0. The second-order valence-electron chi connectivity index (χ2n) is 10.7. The summed E-state index contributed by atoms with van der Waals surface area (Å²) < 4.78 is 5.70. The van der Waals surface area contributed by atoms with Crippen molar-refractivity contribution in [3.63, 3.8) is 0 Å². The predicted molar refractivity (Wildman–Crippen MR) is 117 cm³/mol. The van der Waals surface area contributed by atoms with Gasteiger partial charge in [0, 0.05) is 22.5 Å². The number of hydrogen-bond donors (Lipinski definition) is 0. The van der Waals surface area contributed by atoms with Crippen molar-refractivity contribution in [1.82, 2.24) is 0 Å². The van der Waals surface area contributed by atoms with Crippen molar-refractivity contribution < 1.29 is 9.53 Å². The second-order valence-corrected chi connectivity index (χ2v) is 13.1. The number of esters is 1. The molecule has 4 aliphatic carbocycles. The molecule has 4 heteroatoms. The van der Waals surface area contributed by atoms with Gasteiger partial charge in [0.05, 0.1) is 0 Å². The van der Waals surface area contributed by atoms with Crippen LogP contribution in [0.5, 0.6) is 0 Å². The van der Waals surface area contributed by atoms with Crippen LogP contribution in [-0.2, 0) is 9.53 Å². The van der Waals surface area contributed by atoms with Crippen molar-refractivity contribution in [3.8, 4) is 0 Å². The first-order chi connectivity index (χ1) is 12.7. The van der Waals surface area contributed by atoms with Crippen LogP contribution in [0.4, 0.5) is 0 Å². The summed E-state index contributed by atoms with van der Waals surface area (Å²) in [6, 6.07) is 0. The SMILES string of the molecule is CC(=O)O[C@@H](C)[C@H]1[C@H](Br)C[C@H]2[C@@H]3CCC4C[C@H](Br)CC[C@]4(C)[C@H]3CC[C@]12C. The van der Waals surface area contributed by atoms with E-state index in [0.717, 1.165) is 28.5 Å². The van der Waals surface area contributed by atoms with E-state index < -0.39 is 0 Å². The Hall–Kier alpha value is 0.430. The van der Waals surface area contributed by atoms with E-state index in [2.05, 4.69) is 52.6 Å². The number of ether oxygens (including phenoxy) is 1. The van der Waals surface area contributed by atoms with Crippen LogP contribution < -0.4 is 0 Å². The average Bonchev–Trinajstić information content (AvgIpc) is 2.85. The fraction of sp³-hybridized carbons (Fsp3) is 0.957. The molecule has 1 unspecified atom stereocenters. The van der Waals surface area contributed by atoms with Gasteiger partial charge in [0.1, 0.15) is 6.10 Å². The minimum absolute atomic E-state index is 0.00851. The van der Waals surface area contributed by atoms with Gasteiger partial charge in [-0.1, -0.05) is 45.7 Å². The summed E-state index contributed by atoms with van der Waals surface area (Å²) in [5.74, 6) is 3.77. The first kappa shape index (κ1) is 20.7. The molecule has 154 valence electrons. The van der Waals surface area contributed by atoms with E-state index >= 15 is 0 Å². The molecule has 0 aromatic heterocycles. The minimum atomic E-state index is -0.137. The van der Waals surface area contributed by atoms with Crippen LogP contribution in [0.15, 0.2) is 0 Å². The topological polar surface area (TPSA) is 26.3 Å². The number of carbonyl (C=O) groups is 1. The Morgan fingerprint density at radius 3 is 2.41 bits per heavy atom. The Balaban J connectivity index is 1.59. The summed E-state index contributed by atoms with van der Waals surface area (Å²) in [6.07, 6.45) is 10.9. The molecule has 0 aromatic carbocycles. The predicted octanol–water partition coefficient (Wildman–Crippen LogP) is 6.73. The average molecular weight is 504 g/mol. The zero-order valence-electron chi connectivity index (χ0n) is 17.3. The van der Waals surface area contributed by atoms with Crippen LogP contribution in [0.3, 0.4) is 0 Å². The van der Waals surface area contributed by atoms with Crippen LogP contribution in [-0.4, -0.2) is 21.7 Å². The largest absolute Gasteiger partial charge is 0.462 e. The van der Waals surface area contributed by atoms with Gasteiger partial charge in [0.2, 0.25) is 0 Å². The van der Waals surface area contributed by atoms with E-state index in [0.29, 0.717) is 21.6 Å². The van der Waals surface area contributed by atoms with Crippen molar-refractivity contribution >= 4 is 37.8 Å². The first-order valence-electron chi connectivity index (χ1n) is 11.1. The van der Waals surface area contributed by atoms with Gasteiger partial charge in [-0.2, -0.15) is 0 Å². The van der Waals surface area contributed by atoms with Crippen molar-refractivity contribution in [2.75, 3.05) is 0 Å². The van der Waals surface area contributed by atoms with E-state index in [4.69, 9.17) is 4.74 Å². The number of alkyl halides is 2. The van der Waals surface area contributed by atoms with Crippen LogP contribution in [0.2, 0.25) is 0 Å². The maximum Gasteiger partial charge on any atom is 0.302 e. The van der Waals surface area contributed by atoms with E-state index in [1.807, 2.05) is 0 Å². The fourth-order valence-corrected chi connectivity index (χ4v) is 10.5. The van der Waals surface area contributed by atoms with Gasteiger partial charge in [0.25, 0.3) is 0 Å². The number of fused-ring (bicyclic) bond motifs is 5. The molecule has 10 atom stereocenters. The third-order valence-electron chi connectivity index (χ3n) is 9.53. The summed E-state index contributed by atoms with van der Waals surface area (Å²) in [5.41, 5.74) is 0.857. The summed E-state index contributed by atoms with van der Waals surface area (Å²) in [4.78, 5) is 12.8. The molecule has 0 amide bonds. The Morgan fingerprint density at radius 1 is 1.00 bits per heavy atom. The molecule has 0 aliphatic heterocycles. The Kier molecular flexibility index (Phi) is 5.58. The van der Waals surface area contributed by atoms with E-state index in [9.17, 15) is 4.79 Å². The zero-order valence-corrected chi connectivity index (χ0v) is 20.5. The molecule has 0 N–H and O–H groups in total.